The molecule has 0 atom stereocenters. The molecule has 2 rings (SSSR count). The first kappa shape index (κ1) is 18.3. The Morgan fingerprint density at radius 2 is 1.71 bits per heavy atom. The van der Waals surface area contributed by atoms with Crippen molar-refractivity contribution in [2.45, 2.75) is 24.8 Å². The fourth-order valence-electron chi connectivity index (χ4n) is 2.45. The van der Waals surface area contributed by atoms with Crippen molar-refractivity contribution in [3.8, 4) is 11.5 Å². The van der Waals surface area contributed by atoms with Crippen LogP contribution in [0.4, 0.5) is 0 Å². The lowest BCUT2D eigenvalue weighted by Crippen LogP contribution is -2.31. The van der Waals surface area contributed by atoms with Crippen molar-refractivity contribution in [2.24, 2.45) is 0 Å². The second-order valence-corrected chi connectivity index (χ2v) is 7.25. The number of sulfonamides is 1. The minimum Gasteiger partial charge on any atom is -0.497 e. The van der Waals surface area contributed by atoms with Crippen LogP contribution in [0.5, 0.6) is 11.5 Å². The Hall–Kier alpha value is -2.05. The highest BCUT2D eigenvalue weighted by Gasteiger charge is 2.28. The van der Waals surface area contributed by atoms with Gasteiger partial charge in [-0.1, -0.05) is 37.3 Å². The maximum Gasteiger partial charge on any atom is 0.247 e. The molecule has 0 amide bonds. The third-order valence-electron chi connectivity index (χ3n) is 3.66. The first-order valence-electron chi connectivity index (χ1n) is 7.79. The largest absolute Gasteiger partial charge is 0.497 e. The van der Waals surface area contributed by atoms with Crippen LogP contribution in [0.3, 0.4) is 0 Å². The zero-order valence-electron chi connectivity index (χ0n) is 14.2. The Morgan fingerprint density at radius 3 is 2.29 bits per heavy atom. The minimum absolute atomic E-state index is 0.119. The second-order valence-electron chi connectivity index (χ2n) is 5.34. The molecule has 130 valence electrons. The van der Waals surface area contributed by atoms with Gasteiger partial charge in [0, 0.05) is 19.2 Å². The van der Waals surface area contributed by atoms with Crippen molar-refractivity contribution in [1.29, 1.82) is 0 Å². The summed E-state index contributed by atoms with van der Waals surface area (Å²) < 4.78 is 38.2. The van der Waals surface area contributed by atoms with E-state index in [1.165, 1.54) is 24.6 Å². The first-order chi connectivity index (χ1) is 11.5. The van der Waals surface area contributed by atoms with Crippen molar-refractivity contribution in [1.82, 2.24) is 4.31 Å². The van der Waals surface area contributed by atoms with Crippen LogP contribution in [0.1, 0.15) is 18.9 Å². The third-order valence-corrected chi connectivity index (χ3v) is 5.53. The maximum absolute atomic E-state index is 13.2. The Bertz CT molecular complexity index is 760. The van der Waals surface area contributed by atoms with Crippen LogP contribution < -0.4 is 9.47 Å². The van der Waals surface area contributed by atoms with E-state index in [2.05, 4.69) is 0 Å². The van der Waals surface area contributed by atoms with Gasteiger partial charge in [-0.3, -0.25) is 0 Å². The van der Waals surface area contributed by atoms with Gasteiger partial charge in [0.05, 0.1) is 14.2 Å². The average Bonchev–Trinajstić information content (AvgIpc) is 2.61. The predicted octanol–water partition coefficient (Wildman–Crippen LogP) is 3.30. The summed E-state index contributed by atoms with van der Waals surface area (Å²) in [6.07, 6.45) is 0.721. The number of methoxy groups -OCH3 is 2. The van der Waals surface area contributed by atoms with Gasteiger partial charge < -0.3 is 9.47 Å². The second kappa shape index (κ2) is 8.17. The molecule has 0 aliphatic carbocycles. The Kier molecular flexibility index (Phi) is 6.23. The number of nitrogens with zero attached hydrogens (tertiary/aromatic N) is 1. The molecule has 0 heterocycles. The lowest BCUT2D eigenvalue weighted by atomic mass is 10.2. The average molecular weight is 349 g/mol. The molecular formula is C18H23NO4S. The quantitative estimate of drug-likeness (QED) is 0.734. The summed E-state index contributed by atoms with van der Waals surface area (Å²) in [5, 5.41) is 0. The van der Waals surface area contributed by atoms with E-state index < -0.39 is 10.0 Å². The van der Waals surface area contributed by atoms with Gasteiger partial charge in [0.25, 0.3) is 0 Å². The summed E-state index contributed by atoms with van der Waals surface area (Å²) in [7, 11) is -0.742. The molecule has 0 aliphatic heterocycles. The van der Waals surface area contributed by atoms with Crippen LogP contribution >= 0.6 is 0 Å². The summed E-state index contributed by atoms with van der Waals surface area (Å²) in [6.45, 7) is 2.70. The van der Waals surface area contributed by atoms with Gasteiger partial charge >= 0.3 is 0 Å². The van der Waals surface area contributed by atoms with E-state index in [1.807, 2.05) is 37.3 Å². The summed E-state index contributed by atoms with van der Waals surface area (Å²) in [5.74, 6) is 0.787. The van der Waals surface area contributed by atoms with Crippen LogP contribution in [0.15, 0.2) is 53.4 Å². The highest BCUT2D eigenvalue weighted by molar-refractivity contribution is 7.89. The molecule has 6 heteroatoms. The summed E-state index contributed by atoms with van der Waals surface area (Å²) in [6, 6.07) is 14.3. The standard InChI is InChI=1S/C18H23NO4S/c1-4-12-19(14-15-8-6-5-7-9-15)24(20,21)18-13-16(22-2)10-11-17(18)23-3/h5-11,13H,4,12,14H2,1-3H3. The fraction of sp³-hybridized carbons (Fsp3) is 0.333. The molecular weight excluding hydrogens is 326 g/mol. The van der Waals surface area contributed by atoms with E-state index in [4.69, 9.17) is 9.47 Å². The maximum atomic E-state index is 13.2. The number of benzene rings is 2. The van der Waals surface area contributed by atoms with E-state index in [1.54, 1.807) is 12.1 Å². The van der Waals surface area contributed by atoms with Gasteiger partial charge in [0.1, 0.15) is 16.4 Å². The Labute approximate surface area is 143 Å². The summed E-state index contributed by atoms with van der Waals surface area (Å²) >= 11 is 0. The zero-order chi connectivity index (χ0) is 17.6. The molecule has 0 radical (unpaired) electrons. The molecule has 0 aliphatic rings. The molecule has 5 nitrogen and oxygen atoms in total. The molecule has 0 fully saturated rings. The normalized spacial score (nSPS) is 11.5. The van der Waals surface area contributed by atoms with Crippen molar-refractivity contribution in [2.75, 3.05) is 20.8 Å². The van der Waals surface area contributed by atoms with Crippen molar-refractivity contribution >= 4 is 10.0 Å². The summed E-state index contributed by atoms with van der Waals surface area (Å²) in [4.78, 5) is 0.119. The van der Waals surface area contributed by atoms with Gasteiger partial charge in [0.2, 0.25) is 10.0 Å². The molecule has 0 bridgehead atoms. The molecule has 0 N–H and O–H groups in total. The highest BCUT2D eigenvalue weighted by atomic mass is 32.2. The van der Waals surface area contributed by atoms with E-state index in [0.717, 1.165) is 12.0 Å². The Balaban J connectivity index is 2.44. The predicted molar refractivity (Wildman–Crippen MR) is 93.9 cm³/mol. The lowest BCUT2D eigenvalue weighted by molar-refractivity contribution is 0.379. The van der Waals surface area contributed by atoms with Gasteiger partial charge in [0.15, 0.2) is 0 Å². The van der Waals surface area contributed by atoms with E-state index in [-0.39, 0.29) is 4.90 Å². The molecule has 2 aromatic carbocycles. The Morgan fingerprint density at radius 1 is 1.00 bits per heavy atom. The van der Waals surface area contributed by atoms with E-state index >= 15 is 0 Å². The van der Waals surface area contributed by atoms with Crippen LogP contribution in [-0.2, 0) is 16.6 Å². The highest BCUT2D eigenvalue weighted by Crippen LogP contribution is 2.31. The zero-order valence-corrected chi connectivity index (χ0v) is 15.0. The van der Waals surface area contributed by atoms with E-state index in [9.17, 15) is 8.42 Å². The van der Waals surface area contributed by atoms with Crippen LogP contribution in [0.2, 0.25) is 0 Å². The molecule has 0 saturated carbocycles. The fourth-order valence-corrected chi connectivity index (χ4v) is 4.14. The third kappa shape index (κ3) is 4.07. The van der Waals surface area contributed by atoms with Gasteiger partial charge in [-0.25, -0.2) is 8.42 Å². The van der Waals surface area contributed by atoms with Gasteiger partial charge in [-0.2, -0.15) is 4.31 Å². The minimum atomic E-state index is -3.71. The van der Waals surface area contributed by atoms with Crippen molar-refractivity contribution < 1.29 is 17.9 Å². The molecule has 2 aromatic rings. The smallest absolute Gasteiger partial charge is 0.247 e. The first-order valence-corrected chi connectivity index (χ1v) is 9.23. The van der Waals surface area contributed by atoms with Crippen molar-refractivity contribution in [3.63, 3.8) is 0 Å². The van der Waals surface area contributed by atoms with Gasteiger partial charge in [-0.05, 0) is 24.1 Å². The molecule has 0 aromatic heterocycles. The number of hydrogen-bond acceptors (Lipinski definition) is 4. The van der Waals surface area contributed by atoms with Crippen molar-refractivity contribution in [3.05, 3.63) is 54.1 Å². The number of ether oxygens (including phenoxy) is 2. The summed E-state index contributed by atoms with van der Waals surface area (Å²) in [5.41, 5.74) is 0.941. The van der Waals surface area contributed by atoms with E-state index in [0.29, 0.717) is 24.6 Å². The van der Waals surface area contributed by atoms with Gasteiger partial charge in [-0.15, -0.1) is 0 Å². The molecule has 24 heavy (non-hydrogen) atoms. The topological polar surface area (TPSA) is 55.8 Å². The molecule has 0 saturated heterocycles. The number of rotatable bonds is 8. The number of hydrogen-bond donors (Lipinski definition) is 0. The van der Waals surface area contributed by atoms with Crippen LogP contribution in [0.25, 0.3) is 0 Å². The molecule has 0 unspecified atom stereocenters. The van der Waals surface area contributed by atoms with Crippen LogP contribution in [-0.4, -0.2) is 33.5 Å². The molecule has 0 spiro atoms. The monoisotopic (exact) mass is 349 g/mol. The SMILES string of the molecule is CCCN(Cc1ccccc1)S(=O)(=O)c1cc(OC)ccc1OC. The lowest BCUT2D eigenvalue weighted by Gasteiger charge is -2.23. The van der Waals surface area contributed by atoms with Crippen LogP contribution in [0, 0.1) is 0 Å².